The Kier molecular flexibility index (Phi) is 3.67. The van der Waals surface area contributed by atoms with Crippen LogP contribution in [0.1, 0.15) is 35.2 Å². The minimum atomic E-state index is 0.327. The molecule has 0 amide bonds. The van der Waals surface area contributed by atoms with Gasteiger partial charge >= 0.3 is 0 Å². The van der Waals surface area contributed by atoms with Crippen molar-refractivity contribution in [3.05, 3.63) is 59.0 Å². The van der Waals surface area contributed by atoms with Gasteiger partial charge in [-0.15, -0.1) is 0 Å². The number of ether oxygens (including phenoxy) is 1. The molecule has 0 bridgehead atoms. The first kappa shape index (κ1) is 12.5. The molecule has 3 nitrogen and oxygen atoms in total. The van der Waals surface area contributed by atoms with E-state index in [1.54, 1.807) is 6.26 Å². The SMILES string of the molecule is CCNC(Cc1ccoc1)c1ccc2c(c1)COC2. The van der Waals surface area contributed by atoms with E-state index in [0.29, 0.717) is 6.04 Å². The molecule has 1 N–H and O–H groups in total. The van der Waals surface area contributed by atoms with Crippen molar-refractivity contribution in [3.8, 4) is 0 Å². The zero-order chi connectivity index (χ0) is 13.1. The molecule has 2 heterocycles. The van der Waals surface area contributed by atoms with E-state index in [1.807, 2.05) is 12.3 Å². The maximum absolute atomic E-state index is 5.48. The summed E-state index contributed by atoms with van der Waals surface area (Å²) in [5.74, 6) is 0. The van der Waals surface area contributed by atoms with Gasteiger partial charge in [-0.25, -0.2) is 0 Å². The third-order valence-electron chi connectivity index (χ3n) is 3.62. The number of hydrogen-bond donors (Lipinski definition) is 1. The van der Waals surface area contributed by atoms with E-state index in [-0.39, 0.29) is 0 Å². The first-order valence-corrected chi connectivity index (χ1v) is 6.80. The van der Waals surface area contributed by atoms with Crippen molar-refractivity contribution < 1.29 is 9.15 Å². The molecule has 19 heavy (non-hydrogen) atoms. The highest BCUT2D eigenvalue weighted by Crippen LogP contribution is 2.25. The molecule has 1 atom stereocenters. The second-order valence-electron chi connectivity index (χ2n) is 4.97. The molecule has 3 heteroatoms. The topological polar surface area (TPSA) is 34.4 Å². The first-order chi connectivity index (χ1) is 9.36. The van der Waals surface area contributed by atoms with Crippen LogP contribution < -0.4 is 5.32 Å². The fraction of sp³-hybridized carbons (Fsp3) is 0.375. The maximum Gasteiger partial charge on any atom is 0.0935 e. The van der Waals surface area contributed by atoms with Gasteiger partial charge in [0, 0.05) is 6.04 Å². The molecule has 3 rings (SSSR count). The summed E-state index contributed by atoms with van der Waals surface area (Å²) in [5.41, 5.74) is 5.20. The van der Waals surface area contributed by atoms with Crippen LogP contribution in [0.15, 0.2) is 41.2 Å². The summed E-state index contributed by atoms with van der Waals surface area (Å²) in [7, 11) is 0. The molecular weight excluding hydrogens is 238 g/mol. The standard InChI is InChI=1S/C16H19NO2/c1-2-17-16(7-12-5-6-18-9-12)13-3-4-14-10-19-11-15(14)8-13/h3-6,8-9,16-17H,2,7,10-11H2,1H3. The number of furan rings is 1. The highest BCUT2D eigenvalue weighted by molar-refractivity contribution is 5.35. The van der Waals surface area contributed by atoms with Gasteiger partial charge in [-0.2, -0.15) is 0 Å². The number of likely N-dealkylation sites (N-methyl/N-ethyl adjacent to an activating group) is 1. The molecule has 100 valence electrons. The maximum atomic E-state index is 5.48. The van der Waals surface area contributed by atoms with Gasteiger partial charge in [0.25, 0.3) is 0 Å². The Hall–Kier alpha value is -1.58. The van der Waals surface area contributed by atoms with E-state index in [4.69, 9.17) is 9.15 Å². The highest BCUT2D eigenvalue weighted by atomic mass is 16.5. The molecule has 1 aromatic carbocycles. The number of rotatable bonds is 5. The number of fused-ring (bicyclic) bond motifs is 1. The second kappa shape index (κ2) is 5.59. The zero-order valence-electron chi connectivity index (χ0n) is 11.2. The lowest BCUT2D eigenvalue weighted by Crippen LogP contribution is -2.23. The largest absolute Gasteiger partial charge is 0.472 e. The predicted molar refractivity (Wildman–Crippen MR) is 73.8 cm³/mol. The van der Waals surface area contributed by atoms with Crippen LogP contribution in [-0.4, -0.2) is 6.54 Å². The summed E-state index contributed by atoms with van der Waals surface area (Å²) >= 11 is 0. The van der Waals surface area contributed by atoms with Crippen molar-refractivity contribution >= 4 is 0 Å². The van der Waals surface area contributed by atoms with Crippen LogP contribution in [0.3, 0.4) is 0 Å². The summed E-state index contributed by atoms with van der Waals surface area (Å²) in [5, 5.41) is 3.55. The van der Waals surface area contributed by atoms with E-state index in [9.17, 15) is 0 Å². The molecule has 0 radical (unpaired) electrons. The monoisotopic (exact) mass is 257 g/mol. The average molecular weight is 257 g/mol. The molecule has 0 spiro atoms. The molecule has 1 aromatic heterocycles. The van der Waals surface area contributed by atoms with E-state index >= 15 is 0 Å². The molecule has 1 aliphatic heterocycles. The van der Waals surface area contributed by atoms with Gasteiger partial charge in [-0.1, -0.05) is 25.1 Å². The Morgan fingerprint density at radius 3 is 2.89 bits per heavy atom. The molecule has 1 unspecified atom stereocenters. The first-order valence-electron chi connectivity index (χ1n) is 6.80. The Labute approximate surface area is 113 Å². The summed E-state index contributed by atoms with van der Waals surface area (Å²) in [6.45, 7) is 4.59. The zero-order valence-corrected chi connectivity index (χ0v) is 11.2. The van der Waals surface area contributed by atoms with Crippen molar-refractivity contribution in [1.29, 1.82) is 0 Å². The molecule has 2 aromatic rings. The number of benzene rings is 1. The van der Waals surface area contributed by atoms with Crippen molar-refractivity contribution in [2.75, 3.05) is 6.54 Å². The predicted octanol–water partition coefficient (Wildman–Crippen LogP) is 3.20. The lowest BCUT2D eigenvalue weighted by Gasteiger charge is -2.18. The fourth-order valence-corrected chi connectivity index (χ4v) is 2.61. The molecular formula is C16H19NO2. The Morgan fingerprint density at radius 2 is 2.11 bits per heavy atom. The van der Waals surface area contributed by atoms with Crippen molar-refractivity contribution in [2.45, 2.75) is 32.6 Å². The van der Waals surface area contributed by atoms with E-state index < -0.39 is 0 Å². The summed E-state index contributed by atoms with van der Waals surface area (Å²) in [6.07, 6.45) is 4.50. The fourth-order valence-electron chi connectivity index (χ4n) is 2.61. The van der Waals surface area contributed by atoms with Crippen LogP contribution in [0.4, 0.5) is 0 Å². The quantitative estimate of drug-likeness (QED) is 0.893. The van der Waals surface area contributed by atoms with Crippen LogP contribution in [0.5, 0.6) is 0 Å². The summed E-state index contributed by atoms with van der Waals surface area (Å²) < 4.78 is 10.6. The normalized spacial score (nSPS) is 15.4. The average Bonchev–Trinajstić information content (AvgIpc) is 3.08. The number of hydrogen-bond acceptors (Lipinski definition) is 3. The Bertz CT molecular complexity index is 534. The minimum Gasteiger partial charge on any atom is -0.472 e. The molecule has 1 aliphatic rings. The van der Waals surface area contributed by atoms with Gasteiger partial charge in [0.2, 0.25) is 0 Å². The van der Waals surface area contributed by atoms with Gasteiger partial charge in [0.1, 0.15) is 0 Å². The van der Waals surface area contributed by atoms with Crippen molar-refractivity contribution in [2.24, 2.45) is 0 Å². The van der Waals surface area contributed by atoms with Gasteiger partial charge in [0.05, 0.1) is 25.7 Å². The van der Waals surface area contributed by atoms with Crippen LogP contribution in [0.2, 0.25) is 0 Å². The van der Waals surface area contributed by atoms with Gasteiger partial charge in [-0.05, 0) is 41.3 Å². The van der Waals surface area contributed by atoms with E-state index in [2.05, 4.69) is 30.4 Å². The molecule has 0 fully saturated rings. The van der Waals surface area contributed by atoms with Crippen LogP contribution in [-0.2, 0) is 24.4 Å². The van der Waals surface area contributed by atoms with Crippen molar-refractivity contribution in [3.63, 3.8) is 0 Å². The third kappa shape index (κ3) is 2.72. The Balaban J connectivity index is 1.83. The van der Waals surface area contributed by atoms with Gasteiger partial charge in [-0.3, -0.25) is 0 Å². The number of nitrogens with one attached hydrogen (secondary N) is 1. The molecule has 0 saturated heterocycles. The van der Waals surface area contributed by atoms with E-state index in [1.165, 1.54) is 22.3 Å². The summed E-state index contributed by atoms with van der Waals surface area (Å²) in [6, 6.07) is 9.03. The van der Waals surface area contributed by atoms with Gasteiger partial charge < -0.3 is 14.5 Å². The van der Waals surface area contributed by atoms with Gasteiger partial charge in [0.15, 0.2) is 0 Å². The second-order valence-corrected chi connectivity index (χ2v) is 4.97. The molecule has 0 saturated carbocycles. The van der Waals surface area contributed by atoms with E-state index in [0.717, 1.165) is 26.2 Å². The van der Waals surface area contributed by atoms with Crippen LogP contribution in [0, 0.1) is 0 Å². The summed E-state index contributed by atoms with van der Waals surface area (Å²) in [4.78, 5) is 0. The lowest BCUT2D eigenvalue weighted by molar-refractivity contribution is 0.134. The Morgan fingerprint density at radius 1 is 1.21 bits per heavy atom. The smallest absolute Gasteiger partial charge is 0.0935 e. The van der Waals surface area contributed by atoms with Crippen LogP contribution >= 0.6 is 0 Å². The highest BCUT2D eigenvalue weighted by Gasteiger charge is 2.16. The van der Waals surface area contributed by atoms with Crippen molar-refractivity contribution in [1.82, 2.24) is 5.32 Å². The van der Waals surface area contributed by atoms with Crippen LogP contribution in [0.25, 0.3) is 0 Å². The molecule has 0 aliphatic carbocycles. The lowest BCUT2D eigenvalue weighted by atomic mass is 9.97. The minimum absolute atomic E-state index is 0.327. The third-order valence-corrected chi connectivity index (χ3v) is 3.62.